The van der Waals surface area contributed by atoms with Gasteiger partial charge >= 0.3 is 0 Å². The maximum atomic E-state index is 11.7. The number of nitrogens with one attached hydrogen (secondary N) is 1. The fourth-order valence-electron chi connectivity index (χ4n) is 2.53. The van der Waals surface area contributed by atoms with Crippen LogP contribution in [0, 0.1) is 13.8 Å². The van der Waals surface area contributed by atoms with Gasteiger partial charge in [-0.05, 0) is 37.1 Å². The maximum absolute atomic E-state index is 11.7. The van der Waals surface area contributed by atoms with Gasteiger partial charge in [0.1, 0.15) is 12.3 Å². The lowest BCUT2D eigenvalue weighted by Gasteiger charge is -2.09. The monoisotopic (exact) mass is 309 g/mol. The fourth-order valence-corrected chi connectivity index (χ4v) is 2.53. The molecule has 0 aliphatic rings. The van der Waals surface area contributed by atoms with Crippen molar-refractivity contribution in [1.82, 2.24) is 9.38 Å². The maximum Gasteiger partial charge on any atom is 0.250 e. The second kappa shape index (κ2) is 6.22. The molecular formula is C18H19N3O2. The summed E-state index contributed by atoms with van der Waals surface area (Å²) in [5.74, 6) is -0.168. The highest BCUT2D eigenvalue weighted by atomic mass is 16.5. The zero-order valence-electron chi connectivity index (χ0n) is 13.5. The first-order chi connectivity index (χ1) is 11.1. The third-order valence-electron chi connectivity index (χ3n) is 3.76. The molecule has 2 heterocycles. The van der Waals surface area contributed by atoms with Crippen molar-refractivity contribution in [1.29, 1.82) is 0 Å². The lowest BCUT2D eigenvalue weighted by Crippen LogP contribution is -2.17. The molecule has 0 spiro atoms. The van der Waals surface area contributed by atoms with Crippen LogP contribution in [0.4, 0.5) is 5.69 Å². The number of carbonyl (C=O) groups is 1. The zero-order chi connectivity index (χ0) is 16.4. The summed E-state index contributed by atoms with van der Waals surface area (Å²) in [5, 5.41) is 2.87. The van der Waals surface area contributed by atoms with E-state index in [1.165, 1.54) is 7.11 Å². The van der Waals surface area contributed by atoms with Gasteiger partial charge in [0.05, 0.1) is 5.69 Å². The van der Waals surface area contributed by atoms with Crippen LogP contribution in [-0.2, 0) is 9.53 Å². The number of amides is 1. The highest BCUT2D eigenvalue weighted by Gasteiger charge is 2.10. The minimum atomic E-state index is -0.168. The minimum Gasteiger partial charge on any atom is -0.375 e. The van der Waals surface area contributed by atoms with E-state index < -0.39 is 0 Å². The predicted molar refractivity (Wildman–Crippen MR) is 90.6 cm³/mol. The summed E-state index contributed by atoms with van der Waals surface area (Å²) in [6.07, 6.45) is 3.97. The van der Waals surface area contributed by atoms with Crippen molar-refractivity contribution < 1.29 is 9.53 Å². The number of hydrogen-bond acceptors (Lipinski definition) is 3. The summed E-state index contributed by atoms with van der Waals surface area (Å²) in [6.45, 7) is 4.04. The molecule has 0 saturated heterocycles. The van der Waals surface area contributed by atoms with Crippen molar-refractivity contribution in [2.75, 3.05) is 19.0 Å². The SMILES string of the molecule is COCC(=O)Nc1cc(-c2cn3cccc(C)c3n2)ccc1C. The van der Waals surface area contributed by atoms with E-state index in [2.05, 4.69) is 5.32 Å². The number of aryl methyl sites for hydroxylation is 2. The van der Waals surface area contributed by atoms with Crippen LogP contribution in [0.3, 0.4) is 0 Å². The summed E-state index contributed by atoms with van der Waals surface area (Å²) in [4.78, 5) is 16.4. The Bertz CT molecular complexity index is 868. The van der Waals surface area contributed by atoms with Crippen molar-refractivity contribution in [2.24, 2.45) is 0 Å². The number of hydrogen-bond donors (Lipinski definition) is 1. The molecule has 0 unspecified atom stereocenters. The Hall–Kier alpha value is -2.66. The molecule has 0 aliphatic carbocycles. The first-order valence-corrected chi connectivity index (χ1v) is 7.42. The number of fused-ring (bicyclic) bond motifs is 1. The van der Waals surface area contributed by atoms with Gasteiger partial charge in [-0.3, -0.25) is 4.79 Å². The molecule has 0 saturated carbocycles. The lowest BCUT2D eigenvalue weighted by atomic mass is 10.1. The van der Waals surface area contributed by atoms with Gasteiger partial charge < -0.3 is 14.5 Å². The van der Waals surface area contributed by atoms with E-state index in [1.807, 2.05) is 61.0 Å². The van der Waals surface area contributed by atoms with E-state index in [9.17, 15) is 4.79 Å². The zero-order valence-corrected chi connectivity index (χ0v) is 13.5. The number of aromatic nitrogens is 2. The topological polar surface area (TPSA) is 55.6 Å². The number of carbonyl (C=O) groups excluding carboxylic acids is 1. The number of rotatable bonds is 4. The standard InChI is InChI=1S/C18H19N3O2/c1-12-6-7-14(9-15(12)19-17(22)11-23-3)16-10-21-8-4-5-13(2)18(21)20-16/h4-10H,11H2,1-3H3,(H,19,22). The predicted octanol–water partition coefficient (Wildman–Crippen LogP) is 3.20. The van der Waals surface area contributed by atoms with Crippen LogP contribution in [0.25, 0.3) is 16.9 Å². The average Bonchev–Trinajstić information content (AvgIpc) is 2.95. The van der Waals surface area contributed by atoms with Crippen LogP contribution >= 0.6 is 0 Å². The van der Waals surface area contributed by atoms with E-state index in [1.54, 1.807) is 0 Å². The van der Waals surface area contributed by atoms with Crippen LogP contribution in [0.1, 0.15) is 11.1 Å². The molecule has 118 valence electrons. The summed E-state index contributed by atoms with van der Waals surface area (Å²) in [6, 6.07) is 9.98. The van der Waals surface area contributed by atoms with E-state index in [0.717, 1.165) is 33.7 Å². The molecule has 1 N–H and O–H groups in total. The van der Waals surface area contributed by atoms with Crippen molar-refractivity contribution in [3.63, 3.8) is 0 Å². The van der Waals surface area contributed by atoms with Crippen molar-refractivity contribution in [3.8, 4) is 11.3 Å². The average molecular weight is 309 g/mol. The molecule has 1 aromatic carbocycles. The molecule has 3 aromatic rings. The van der Waals surface area contributed by atoms with Gasteiger partial charge in [-0.2, -0.15) is 0 Å². The van der Waals surface area contributed by atoms with Crippen LogP contribution in [0.5, 0.6) is 0 Å². The molecule has 2 aromatic heterocycles. The van der Waals surface area contributed by atoms with Crippen LogP contribution in [-0.4, -0.2) is 29.0 Å². The third kappa shape index (κ3) is 3.10. The van der Waals surface area contributed by atoms with Crippen LogP contribution in [0.15, 0.2) is 42.7 Å². The first-order valence-electron chi connectivity index (χ1n) is 7.42. The van der Waals surface area contributed by atoms with E-state index >= 15 is 0 Å². The molecule has 5 nitrogen and oxygen atoms in total. The highest BCUT2D eigenvalue weighted by molar-refractivity contribution is 5.93. The molecule has 3 rings (SSSR count). The van der Waals surface area contributed by atoms with Gasteiger partial charge in [0.25, 0.3) is 0 Å². The van der Waals surface area contributed by atoms with Gasteiger partial charge in [-0.25, -0.2) is 4.98 Å². The molecule has 0 fully saturated rings. The number of anilines is 1. The van der Waals surface area contributed by atoms with Gasteiger partial charge in [0, 0.05) is 30.8 Å². The Morgan fingerprint density at radius 3 is 2.83 bits per heavy atom. The van der Waals surface area contributed by atoms with Crippen molar-refractivity contribution in [2.45, 2.75) is 13.8 Å². The third-order valence-corrected chi connectivity index (χ3v) is 3.76. The Labute approximate surface area is 134 Å². The van der Waals surface area contributed by atoms with Crippen molar-refractivity contribution in [3.05, 3.63) is 53.9 Å². The number of imidazole rings is 1. The summed E-state index contributed by atoms with van der Waals surface area (Å²) < 4.78 is 6.86. The van der Waals surface area contributed by atoms with Crippen LogP contribution < -0.4 is 5.32 Å². The Morgan fingerprint density at radius 1 is 1.26 bits per heavy atom. The van der Waals surface area contributed by atoms with Gasteiger partial charge in [0.15, 0.2) is 0 Å². The molecule has 0 radical (unpaired) electrons. The molecule has 1 amide bonds. The largest absolute Gasteiger partial charge is 0.375 e. The molecular weight excluding hydrogens is 290 g/mol. The fraction of sp³-hybridized carbons (Fsp3) is 0.222. The van der Waals surface area contributed by atoms with Gasteiger partial charge in [-0.1, -0.05) is 18.2 Å². The van der Waals surface area contributed by atoms with E-state index in [0.29, 0.717) is 0 Å². The highest BCUT2D eigenvalue weighted by Crippen LogP contribution is 2.26. The van der Waals surface area contributed by atoms with Gasteiger partial charge in [-0.15, -0.1) is 0 Å². The minimum absolute atomic E-state index is 0.0389. The van der Waals surface area contributed by atoms with Gasteiger partial charge in [0.2, 0.25) is 5.91 Å². The number of methoxy groups -OCH3 is 1. The molecule has 0 bridgehead atoms. The summed E-state index contributed by atoms with van der Waals surface area (Å²) in [5.41, 5.74) is 5.68. The number of benzene rings is 1. The van der Waals surface area contributed by atoms with E-state index in [4.69, 9.17) is 9.72 Å². The van der Waals surface area contributed by atoms with Crippen LogP contribution in [0.2, 0.25) is 0 Å². The first kappa shape index (κ1) is 15.2. The number of nitrogens with zero attached hydrogens (tertiary/aromatic N) is 2. The smallest absolute Gasteiger partial charge is 0.250 e. The second-order valence-electron chi connectivity index (χ2n) is 5.56. The Morgan fingerprint density at radius 2 is 2.09 bits per heavy atom. The Balaban J connectivity index is 1.98. The quantitative estimate of drug-likeness (QED) is 0.805. The lowest BCUT2D eigenvalue weighted by molar-refractivity contribution is -0.119. The molecule has 5 heteroatoms. The second-order valence-corrected chi connectivity index (χ2v) is 5.56. The molecule has 23 heavy (non-hydrogen) atoms. The molecule has 0 atom stereocenters. The summed E-state index contributed by atoms with van der Waals surface area (Å²) in [7, 11) is 1.50. The Kier molecular flexibility index (Phi) is 4.12. The number of ether oxygens (including phenoxy) is 1. The number of pyridine rings is 1. The van der Waals surface area contributed by atoms with Crippen molar-refractivity contribution >= 4 is 17.2 Å². The van der Waals surface area contributed by atoms with E-state index in [-0.39, 0.29) is 12.5 Å². The summed E-state index contributed by atoms with van der Waals surface area (Å²) >= 11 is 0. The molecule has 0 aliphatic heterocycles. The normalized spacial score (nSPS) is 10.9.